The van der Waals surface area contributed by atoms with Gasteiger partial charge in [-0.25, -0.2) is 13.2 Å². The zero-order chi connectivity index (χ0) is 47.3. The summed E-state index contributed by atoms with van der Waals surface area (Å²) >= 11 is 0. The van der Waals surface area contributed by atoms with Crippen molar-refractivity contribution in [2.75, 3.05) is 19.8 Å². The zero-order valence-corrected chi connectivity index (χ0v) is 45.0. The van der Waals surface area contributed by atoms with Crippen LogP contribution in [0.3, 0.4) is 0 Å². The molecule has 0 unspecified atom stereocenters. The van der Waals surface area contributed by atoms with E-state index in [4.69, 9.17) is 18.9 Å². The largest absolute Gasteiger partial charge is 1.00 e. The van der Waals surface area contributed by atoms with Gasteiger partial charge in [0.1, 0.15) is 15.9 Å². The third-order valence-corrected chi connectivity index (χ3v) is 12.8. The van der Waals surface area contributed by atoms with Gasteiger partial charge in [0.05, 0.1) is 41.7 Å². The molecule has 0 saturated heterocycles. The number of carbonyl (C=O) groups excluding carboxylic acids is 1. The molecular weight excluding hydrogens is 872 g/mol. The van der Waals surface area contributed by atoms with Crippen molar-refractivity contribution in [1.29, 1.82) is 0 Å². The normalized spacial score (nSPS) is 11.5. The van der Waals surface area contributed by atoms with Crippen molar-refractivity contribution in [3.8, 4) is 23.0 Å². The fourth-order valence-corrected chi connectivity index (χ4v) is 8.37. The molecule has 0 aliphatic heterocycles. The first kappa shape index (κ1) is 60.2. The molecule has 3 aromatic carbocycles. The molecule has 67 heavy (non-hydrogen) atoms. The van der Waals surface area contributed by atoms with Gasteiger partial charge in [0.25, 0.3) is 0 Å². The molecule has 0 fully saturated rings. The number of rotatable bonds is 41. The molecule has 3 aromatic rings. The van der Waals surface area contributed by atoms with Gasteiger partial charge >= 0.3 is 35.5 Å². The van der Waals surface area contributed by atoms with Gasteiger partial charge in [-0.1, -0.05) is 194 Å². The van der Waals surface area contributed by atoms with Gasteiger partial charge in [-0.05, 0) is 79.9 Å². The van der Waals surface area contributed by atoms with Crippen LogP contribution in [0.1, 0.15) is 224 Å². The van der Waals surface area contributed by atoms with Crippen LogP contribution in [0.15, 0.2) is 75.8 Å². The minimum atomic E-state index is -4.55. The van der Waals surface area contributed by atoms with E-state index < -0.39 is 16.1 Å². The molecule has 3 rings (SSSR count). The summed E-state index contributed by atoms with van der Waals surface area (Å²) in [6, 6.07) is 15.2. The Balaban J connectivity index is 0.0000154. The maximum Gasteiger partial charge on any atom is 1.00 e. The SMILES string of the molecule is CCCCCCCCCCCCOc1cc(C(=O)Oc2ccc(N=Nc3ccc(S(=O)(=O)[O-])cc3)cc2)cc(OCCCCCCCCCCCC)c1OCCCCCCCCCCCC.[Na+]. The number of nitrogens with zero attached hydrogens (tertiary/aromatic N) is 2. The van der Waals surface area contributed by atoms with Crippen LogP contribution >= 0.6 is 0 Å². The van der Waals surface area contributed by atoms with Crippen LogP contribution in [0.25, 0.3) is 0 Å². The monoisotopic (exact) mass is 957 g/mol. The molecule has 0 aromatic heterocycles. The Kier molecular flexibility index (Phi) is 34.9. The van der Waals surface area contributed by atoms with E-state index >= 15 is 0 Å². The maximum atomic E-state index is 13.8. The molecular formula is C55H85N2NaO8S. The van der Waals surface area contributed by atoms with E-state index in [1.54, 1.807) is 36.4 Å². The molecule has 0 aliphatic carbocycles. The van der Waals surface area contributed by atoms with Crippen LogP contribution < -0.4 is 48.5 Å². The van der Waals surface area contributed by atoms with Crippen molar-refractivity contribution in [2.24, 2.45) is 10.2 Å². The van der Waals surface area contributed by atoms with Crippen molar-refractivity contribution < 1.29 is 66.3 Å². The molecule has 0 bridgehead atoms. The molecule has 0 aliphatic rings. The molecule has 0 amide bonds. The first-order chi connectivity index (χ1) is 32.2. The van der Waals surface area contributed by atoms with Crippen molar-refractivity contribution in [2.45, 2.75) is 218 Å². The topological polar surface area (TPSA) is 136 Å². The number of azo groups is 1. The first-order valence-electron chi connectivity index (χ1n) is 26.1. The summed E-state index contributed by atoms with van der Waals surface area (Å²) in [5, 5.41) is 8.31. The van der Waals surface area contributed by atoms with Crippen LogP contribution in [-0.2, 0) is 10.1 Å². The number of ether oxygens (including phenoxy) is 4. The van der Waals surface area contributed by atoms with E-state index in [0.29, 0.717) is 59.8 Å². The summed E-state index contributed by atoms with van der Waals surface area (Å²) in [5.41, 5.74) is 1.18. The Labute approximate surface area is 428 Å². The number of hydrogen-bond acceptors (Lipinski definition) is 10. The van der Waals surface area contributed by atoms with Crippen molar-refractivity contribution in [3.63, 3.8) is 0 Å². The molecule has 0 saturated carbocycles. The molecule has 12 heteroatoms. The summed E-state index contributed by atoms with van der Waals surface area (Å²) in [5.74, 6) is 1.34. The maximum absolute atomic E-state index is 13.8. The molecule has 370 valence electrons. The number of carbonyl (C=O) groups is 1. The van der Waals surface area contributed by atoms with E-state index in [1.807, 2.05) is 0 Å². The van der Waals surface area contributed by atoms with Gasteiger partial charge in [-0.15, -0.1) is 0 Å². The van der Waals surface area contributed by atoms with Crippen molar-refractivity contribution in [1.82, 2.24) is 0 Å². The van der Waals surface area contributed by atoms with Crippen LogP contribution in [0, 0.1) is 0 Å². The van der Waals surface area contributed by atoms with Crippen LogP contribution in [0.5, 0.6) is 23.0 Å². The minimum Gasteiger partial charge on any atom is -0.744 e. The van der Waals surface area contributed by atoms with E-state index in [-0.39, 0.29) is 34.5 Å². The van der Waals surface area contributed by atoms with Gasteiger partial charge in [0.15, 0.2) is 11.5 Å². The predicted octanol–water partition coefficient (Wildman–Crippen LogP) is 14.1. The fraction of sp³-hybridized carbons (Fsp3) is 0.655. The third kappa shape index (κ3) is 28.3. The standard InChI is InChI=1S/C55H86N2O8S.Na/c1-4-7-10-13-16-19-22-25-28-31-42-62-52-45-47(55(58)65-50-38-34-48(35-39-50)56-57-49-36-40-51(41-37-49)66(59,60)61)46-53(63-43-32-29-26-23-20-17-14-11-8-5-2)54(52)64-44-33-30-27-24-21-18-15-12-9-6-3;/h34-41,45-46H,4-33,42-44H2,1-3H3,(H,59,60,61);/q;+1/p-1. The van der Waals surface area contributed by atoms with Crippen LogP contribution in [0.2, 0.25) is 0 Å². The van der Waals surface area contributed by atoms with Gasteiger partial charge in [-0.3, -0.25) is 0 Å². The van der Waals surface area contributed by atoms with E-state index in [9.17, 15) is 17.8 Å². The van der Waals surface area contributed by atoms with Crippen molar-refractivity contribution >= 4 is 27.5 Å². The summed E-state index contributed by atoms with van der Waals surface area (Å²) < 4.78 is 59.1. The van der Waals surface area contributed by atoms with E-state index in [1.165, 1.54) is 178 Å². The number of hydrogen-bond donors (Lipinski definition) is 0. The third-order valence-electron chi connectivity index (χ3n) is 12.0. The quantitative estimate of drug-likeness (QED) is 0.0137. The smallest absolute Gasteiger partial charge is 0.744 e. The second kappa shape index (κ2) is 38.8. The molecule has 10 nitrogen and oxygen atoms in total. The molecule has 0 atom stereocenters. The fourth-order valence-electron chi connectivity index (χ4n) is 7.90. The number of esters is 1. The van der Waals surface area contributed by atoms with E-state index in [2.05, 4.69) is 31.0 Å². The zero-order valence-electron chi connectivity index (χ0n) is 42.2. The Morgan fingerprint density at radius 2 is 0.776 bits per heavy atom. The molecule has 0 spiro atoms. The van der Waals surface area contributed by atoms with E-state index in [0.717, 1.165) is 38.5 Å². The average Bonchev–Trinajstić information content (AvgIpc) is 3.31. The summed E-state index contributed by atoms with van der Waals surface area (Å²) in [7, 11) is -4.55. The molecule has 0 radical (unpaired) electrons. The Bertz CT molecular complexity index is 1790. The summed E-state index contributed by atoms with van der Waals surface area (Å²) in [6.45, 7) is 8.34. The molecule has 0 N–H and O–H groups in total. The Morgan fingerprint density at radius 3 is 1.12 bits per heavy atom. The van der Waals surface area contributed by atoms with Crippen LogP contribution in [0.4, 0.5) is 11.4 Å². The van der Waals surface area contributed by atoms with Crippen LogP contribution in [-0.4, -0.2) is 38.8 Å². The minimum absolute atomic E-state index is 0. The average molecular weight is 957 g/mol. The van der Waals surface area contributed by atoms with Gasteiger partial charge in [-0.2, -0.15) is 10.2 Å². The predicted molar refractivity (Wildman–Crippen MR) is 268 cm³/mol. The second-order valence-corrected chi connectivity index (χ2v) is 19.3. The van der Waals surface area contributed by atoms with Crippen molar-refractivity contribution in [3.05, 3.63) is 66.2 Å². The summed E-state index contributed by atoms with van der Waals surface area (Å²) in [4.78, 5) is 13.5. The number of unbranched alkanes of at least 4 members (excludes halogenated alkanes) is 27. The Morgan fingerprint density at radius 1 is 0.463 bits per heavy atom. The number of benzene rings is 3. The molecule has 0 heterocycles. The van der Waals surface area contributed by atoms with Gasteiger partial charge in [0, 0.05) is 0 Å². The second-order valence-electron chi connectivity index (χ2n) is 17.9. The summed E-state index contributed by atoms with van der Waals surface area (Å²) in [6.07, 6.45) is 37.0. The van der Waals surface area contributed by atoms with Gasteiger partial charge < -0.3 is 23.5 Å². The first-order valence-corrected chi connectivity index (χ1v) is 27.5. The van der Waals surface area contributed by atoms with Gasteiger partial charge in [0.2, 0.25) is 5.75 Å². The Hall–Kier alpha value is -2.96.